The van der Waals surface area contributed by atoms with Crippen molar-refractivity contribution in [1.29, 1.82) is 0 Å². The molecule has 0 N–H and O–H groups in total. The van der Waals surface area contributed by atoms with Gasteiger partial charge in [0.15, 0.2) is 0 Å². The van der Waals surface area contributed by atoms with Crippen molar-refractivity contribution >= 4 is 32.9 Å². The molecule has 0 amide bonds. The Bertz CT molecular complexity index is 909. The lowest BCUT2D eigenvalue weighted by Crippen LogP contribution is -2.43. The Morgan fingerprint density at radius 2 is 1.65 bits per heavy atom. The fraction of sp³-hybridized carbons (Fsp3) is 0.227. The third-order valence-electron chi connectivity index (χ3n) is 4.84. The summed E-state index contributed by atoms with van der Waals surface area (Å²) in [7, 11) is 0. The van der Waals surface area contributed by atoms with Gasteiger partial charge in [-0.1, -0.05) is 70.5 Å². The Morgan fingerprint density at radius 1 is 0.885 bits per heavy atom. The molecule has 0 atom stereocenters. The maximum Gasteiger partial charge on any atom is 0.0543 e. The summed E-state index contributed by atoms with van der Waals surface area (Å²) in [6, 6.07) is 23.5. The summed E-state index contributed by atoms with van der Waals surface area (Å²) < 4.78 is 1.08. The average Bonchev–Trinajstić information content (AvgIpc) is 2.68. The van der Waals surface area contributed by atoms with Gasteiger partial charge in [0, 0.05) is 37.2 Å². The van der Waals surface area contributed by atoms with E-state index >= 15 is 0 Å². The summed E-state index contributed by atoms with van der Waals surface area (Å²) in [5.74, 6) is 0. The minimum atomic E-state index is 0.968. The Morgan fingerprint density at radius 3 is 2.50 bits per heavy atom. The number of hydrogen-bond acceptors (Lipinski definition) is 3. The van der Waals surface area contributed by atoms with E-state index in [0.717, 1.165) is 42.8 Å². The smallest absolute Gasteiger partial charge is 0.0543 e. The van der Waals surface area contributed by atoms with Crippen LogP contribution in [0.5, 0.6) is 0 Å². The molecule has 0 aromatic heterocycles. The van der Waals surface area contributed by atoms with Gasteiger partial charge in [-0.15, -0.1) is 0 Å². The van der Waals surface area contributed by atoms with Crippen LogP contribution in [0.25, 0.3) is 10.8 Å². The lowest BCUT2D eigenvalue weighted by atomic mass is 10.0. The number of benzene rings is 3. The molecular formula is C22H22BrN3. The zero-order valence-electron chi connectivity index (χ0n) is 14.7. The zero-order valence-corrected chi connectivity index (χ0v) is 16.3. The third-order valence-corrected chi connectivity index (χ3v) is 5.33. The van der Waals surface area contributed by atoms with Crippen LogP contribution in [0.15, 0.2) is 76.3 Å². The highest BCUT2D eigenvalue weighted by Crippen LogP contribution is 2.20. The second-order valence-electron chi connectivity index (χ2n) is 6.67. The SMILES string of the molecule is Brc1cccc(/C=N/N2CCN(Cc3cccc4ccccc34)CC2)c1. The first-order chi connectivity index (χ1) is 12.8. The van der Waals surface area contributed by atoms with Crippen LogP contribution in [0.2, 0.25) is 0 Å². The number of hydrogen-bond donors (Lipinski definition) is 0. The monoisotopic (exact) mass is 407 g/mol. The predicted molar refractivity (Wildman–Crippen MR) is 113 cm³/mol. The summed E-state index contributed by atoms with van der Waals surface area (Å²) in [4.78, 5) is 2.52. The highest BCUT2D eigenvalue weighted by Gasteiger charge is 2.16. The van der Waals surface area contributed by atoms with Crippen molar-refractivity contribution in [3.05, 3.63) is 82.3 Å². The van der Waals surface area contributed by atoms with E-state index in [-0.39, 0.29) is 0 Å². The molecule has 0 saturated carbocycles. The minimum Gasteiger partial charge on any atom is -0.295 e. The molecule has 0 spiro atoms. The van der Waals surface area contributed by atoms with E-state index in [2.05, 4.69) is 85.5 Å². The molecule has 1 aliphatic heterocycles. The number of hydrazone groups is 1. The van der Waals surface area contributed by atoms with Crippen LogP contribution in [0.4, 0.5) is 0 Å². The van der Waals surface area contributed by atoms with Crippen molar-refractivity contribution in [3.8, 4) is 0 Å². The average molecular weight is 408 g/mol. The fourth-order valence-corrected chi connectivity index (χ4v) is 3.83. The predicted octanol–water partition coefficient (Wildman–Crippen LogP) is 4.75. The van der Waals surface area contributed by atoms with E-state index in [9.17, 15) is 0 Å². The van der Waals surface area contributed by atoms with Crippen LogP contribution < -0.4 is 0 Å². The van der Waals surface area contributed by atoms with Gasteiger partial charge in [-0.05, 0) is 34.0 Å². The van der Waals surface area contributed by atoms with E-state index in [1.807, 2.05) is 18.3 Å². The molecule has 3 aromatic carbocycles. The normalized spacial score (nSPS) is 15.8. The van der Waals surface area contributed by atoms with Crippen LogP contribution >= 0.6 is 15.9 Å². The quantitative estimate of drug-likeness (QED) is 0.580. The molecule has 0 aliphatic carbocycles. The largest absolute Gasteiger partial charge is 0.295 e. The van der Waals surface area contributed by atoms with E-state index in [1.54, 1.807) is 0 Å². The lowest BCUT2D eigenvalue weighted by Gasteiger charge is -2.33. The lowest BCUT2D eigenvalue weighted by molar-refractivity contribution is 0.131. The van der Waals surface area contributed by atoms with Crippen LogP contribution in [-0.2, 0) is 6.54 Å². The van der Waals surface area contributed by atoms with Gasteiger partial charge in [0.05, 0.1) is 6.21 Å². The van der Waals surface area contributed by atoms with Crippen molar-refractivity contribution in [1.82, 2.24) is 9.91 Å². The highest BCUT2D eigenvalue weighted by molar-refractivity contribution is 9.10. The van der Waals surface area contributed by atoms with Crippen molar-refractivity contribution in [2.75, 3.05) is 26.2 Å². The summed E-state index contributed by atoms with van der Waals surface area (Å²) in [6.45, 7) is 5.02. The summed E-state index contributed by atoms with van der Waals surface area (Å²) >= 11 is 3.50. The summed E-state index contributed by atoms with van der Waals surface area (Å²) in [5.41, 5.74) is 2.53. The van der Waals surface area contributed by atoms with Gasteiger partial charge in [0.25, 0.3) is 0 Å². The van der Waals surface area contributed by atoms with Crippen molar-refractivity contribution in [2.45, 2.75) is 6.54 Å². The maximum absolute atomic E-state index is 4.65. The van der Waals surface area contributed by atoms with Gasteiger partial charge in [-0.25, -0.2) is 0 Å². The molecule has 3 nitrogen and oxygen atoms in total. The molecule has 0 unspecified atom stereocenters. The molecule has 132 valence electrons. The van der Waals surface area contributed by atoms with Gasteiger partial charge in [-0.3, -0.25) is 9.91 Å². The molecule has 1 saturated heterocycles. The molecule has 0 radical (unpaired) electrons. The van der Waals surface area contributed by atoms with Gasteiger partial charge >= 0.3 is 0 Å². The molecule has 4 rings (SSSR count). The minimum absolute atomic E-state index is 0.968. The van der Waals surface area contributed by atoms with Crippen molar-refractivity contribution < 1.29 is 0 Å². The number of rotatable bonds is 4. The topological polar surface area (TPSA) is 18.8 Å². The molecular weight excluding hydrogens is 386 g/mol. The van der Waals surface area contributed by atoms with Gasteiger partial charge < -0.3 is 0 Å². The third kappa shape index (κ3) is 4.14. The molecule has 4 heteroatoms. The number of piperazine rings is 1. The van der Waals surface area contributed by atoms with E-state index in [0.29, 0.717) is 0 Å². The first kappa shape index (κ1) is 17.3. The fourth-order valence-electron chi connectivity index (χ4n) is 3.42. The Balaban J connectivity index is 1.36. The zero-order chi connectivity index (χ0) is 17.8. The number of halogens is 1. The van der Waals surface area contributed by atoms with E-state index in [4.69, 9.17) is 0 Å². The van der Waals surface area contributed by atoms with Crippen molar-refractivity contribution in [3.63, 3.8) is 0 Å². The number of nitrogens with zero attached hydrogens (tertiary/aromatic N) is 3. The van der Waals surface area contributed by atoms with E-state index < -0.39 is 0 Å². The molecule has 1 aliphatic rings. The molecule has 3 aromatic rings. The second-order valence-corrected chi connectivity index (χ2v) is 7.58. The second kappa shape index (κ2) is 8.02. The highest BCUT2D eigenvalue weighted by atomic mass is 79.9. The first-order valence-corrected chi connectivity index (χ1v) is 9.81. The van der Waals surface area contributed by atoms with Crippen LogP contribution in [0, 0.1) is 0 Å². The van der Waals surface area contributed by atoms with E-state index in [1.165, 1.54) is 16.3 Å². The van der Waals surface area contributed by atoms with Crippen molar-refractivity contribution in [2.24, 2.45) is 5.10 Å². The summed E-state index contributed by atoms with van der Waals surface area (Å²) in [5, 5.41) is 9.50. The Kier molecular flexibility index (Phi) is 5.32. The Labute approximate surface area is 163 Å². The van der Waals surface area contributed by atoms with Gasteiger partial charge in [-0.2, -0.15) is 5.10 Å². The summed E-state index contributed by atoms with van der Waals surface area (Å²) in [6.07, 6.45) is 1.95. The molecule has 1 heterocycles. The van der Waals surface area contributed by atoms with Gasteiger partial charge in [0.2, 0.25) is 0 Å². The van der Waals surface area contributed by atoms with Crippen LogP contribution in [-0.4, -0.2) is 42.3 Å². The maximum atomic E-state index is 4.65. The molecule has 0 bridgehead atoms. The molecule has 1 fully saturated rings. The first-order valence-electron chi connectivity index (χ1n) is 9.01. The Hall–Kier alpha value is -2.17. The number of fused-ring (bicyclic) bond motifs is 1. The standard InChI is InChI=1S/C22H22BrN3/c23-21-9-3-5-18(15-21)16-24-26-13-11-25(12-14-26)17-20-8-4-7-19-6-1-2-10-22(19)20/h1-10,15-16H,11-14,17H2/b24-16+. The van der Waals surface area contributed by atoms with Crippen LogP contribution in [0.3, 0.4) is 0 Å². The van der Waals surface area contributed by atoms with Gasteiger partial charge in [0.1, 0.15) is 0 Å². The van der Waals surface area contributed by atoms with Crippen LogP contribution in [0.1, 0.15) is 11.1 Å². The molecule has 26 heavy (non-hydrogen) atoms.